The summed E-state index contributed by atoms with van der Waals surface area (Å²) in [6.07, 6.45) is -9.15. The highest BCUT2D eigenvalue weighted by atomic mass is 16.8. The van der Waals surface area contributed by atoms with Crippen molar-refractivity contribution >= 4 is 18.1 Å². The number of hydrogen-bond acceptors (Lipinski definition) is 11. The molecule has 0 spiro atoms. The van der Waals surface area contributed by atoms with Crippen LogP contribution in [0.5, 0.6) is 5.75 Å². The van der Waals surface area contributed by atoms with Gasteiger partial charge in [0.2, 0.25) is 12.6 Å². The van der Waals surface area contributed by atoms with E-state index in [0.29, 0.717) is 12.0 Å². The van der Waals surface area contributed by atoms with E-state index in [0.717, 1.165) is 0 Å². The first-order chi connectivity index (χ1) is 16.0. The van der Waals surface area contributed by atoms with Gasteiger partial charge in [-0.05, 0) is 44.2 Å². The molecule has 2 rings (SSSR count). The van der Waals surface area contributed by atoms with Gasteiger partial charge < -0.3 is 29.5 Å². The lowest BCUT2D eigenvalue weighted by atomic mass is 9.86. The maximum Gasteiger partial charge on any atom is 0.311 e. The van der Waals surface area contributed by atoms with E-state index < -0.39 is 59.0 Å². The Balaban J connectivity index is 2.39. The smallest absolute Gasteiger partial charge is 0.311 e. The van der Waals surface area contributed by atoms with E-state index in [2.05, 4.69) is 4.74 Å². The molecule has 35 heavy (non-hydrogen) atoms. The Morgan fingerprint density at radius 3 is 2.23 bits per heavy atom. The number of rotatable bonds is 8. The minimum Gasteiger partial charge on any atom is -0.457 e. The Hall–Kier alpha value is -2.80. The van der Waals surface area contributed by atoms with Gasteiger partial charge in [0.05, 0.1) is 10.3 Å². The van der Waals surface area contributed by atoms with Crippen LogP contribution in [0.3, 0.4) is 0 Å². The van der Waals surface area contributed by atoms with Crippen LogP contribution in [0.1, 0.15) is 59.6 Å². The Morgan fingerprint density at radius 1 is 1.11 bits per heavy atom. The summed E-state index contributed by atoms with van der Waals surface area (Å²) in [7, 11) is 0. The summed E-state index contributed by atoms with van der Waals surface area (Å²) in [6.45, 7) is 10.9. The van der Waals surface area contributed by atoms with E-state index in [1.54, 1.807) is 20.8 Å². The molecule has 196 valence electrons. The van der Waals surface area contributed by atoms with Crippen LogP contribution in [-0.4, -0.2) is 63.6 Å². The predicted molar refractivity (Wildman–Crippen MR) is 120 cm³/mol. The van der Waals surface area contributed by atoms with Crippen LogP contribution >= 0.6 is 0 Å². The fourth-order valence-electron chi connectivity index (χ4n) is 3.27. The normalized spacial score (nSPS) is 25.9. The maximum absolute atomic E-state index is 12.6. The van der Waals surface area contributed by atoms with E-state index in [1.165, 1.54) is 18.2 Å². The molecule has 0 radical (unpaired) electrons. The number of esters is 1. The number of hydrogen-bond donors (Lipinski definition) is 3. The number of benzene rings is 1. The summed E-state index contributed by atoms with van der Waals surface area (Å²) in [6, 6.07) is 3.92. The summed E-state index contributed by atoms with van der Waals surface area (Å²) >= 11 is 0. The zero-order valence-electron chi connectivity index (χ0n) is 20.5. The molecule has 0 amide bonds. The average molecular weight is 500 g/mol. The molecular formula is C23H33NO11. The van der Waals surface area contributed by atoms with E-state index in [4.69, 9.17) is 14.2 Å². The van der Waals surface area contributed by atoms with Gasteiger partial charge in [-0.3, -0.25) is 24.4 Å². The quantitative estimate of drug-likeness (QED) is 0.206. The van der Waals surface area contributed by atoms with Gasteiger partial charge in [-0.25, -0.2) is 0 Å². The molecule has 0 bridgehead atoms. The zero-order chi connectivity index (χ0) is 26.7. The van der Waals surface area contributed by atoms with Crippen molar-refractivity contribution in [2.45, 2.75) is 85.0 Å². The van der Waals surface area contributed by atoms with Crippen molar-refractivity contribution < 1.29 is 48.8 Å². The van der Waals surface area contributed by atoms with Crippen LogP contribution < -0.4 is 4.74 Å². The third-order valence-corrected chi connectivity index (χ3v) is 5.17. The van der Waals surface area contributed by atoms with E-state index in [9.17, 15) is 35.0 Å². The minimum absolute atomic E-state index is 0.0269. The fraction of sp³-hybridized carbons (Fsp3) is 0.652. The largest absolute Gasteiger partial charge is 0.457 e. The fourth-order valence-corrected chi connectivity index (χ4v) is 3.27. The standard InChI is InChI=1S/C23H33NO11/c1-22(2,3)10-15(34-21(29)23(4,5)6)12-7-8-14(13(9-12)24(30)31)33-20-18(28)16(26)17(27)19(35-20)32-11-25/h7-9,11,15-20,26-28H,10H2,1-6H3. The van der Waals surface area contributed by atoms with Crippen molar-refractivity contribution in [3.63, 3.8) is 0 Å². The van der Waals surface area contributed by atoms with Crippen LogP contribution in [0.2, 0.25) is 0 Å². The molecule has 6 unspecified atom stereocenters. The molecule has 1 aromatic carbocycles. The molecule has 1 fully saturated rings. The van der Waals surface area contributed by atoms with Gasteiger partial charge in [-0.2, -0.15) is 0 Å². The highest BCUT2D eigenvalue weighted by Crippen LogP contribution is 2.38. The number of aliphatic hydroxyl groups excluding tert-OH is 3. The second kappa shape index (κ2) is 10.9. The van der Waals surface area contributed by atoms with Crippen LogP contribution in [0.25, 0.3) is 0 Å². The maximum atomic E-state index is 12.6. The van der Waals surface area contributed by atoms with E-state index in [-0.39, 0.29) is 17.6 Å². The zero-order valence-corrected chi connectivity index (χ0v) is 20.5. The highest BCUT2D eigenvalue weighted by Gasteiger charge is 2.47. The van der Waals surface area contributed by atoms with Crippen molar-refractivity contribution in [2.24, 2.45) is 10.8 Å². The molecule has 1 aliphatic rings. The average Bonchev–Trinajstić information content (AvgIpc) is 2.73. The van der Waals surface area contributed by atoms with Crippen molar-refractivity contribution in [1.82, 2.24) is 0 Å². The number of aliphatic hydroxyl groups is 3. The van der Waals surface area contributed by atoms with Crippen LogP contribution in [0, 0.1) is 20.9 Å². The molecule has 0 aromatic heterocycles. The Morgan fingerprint density at radius 2 is 1.71 bits per heavy atom. The van der Waals surface area contributed by atoms with Gasteiger partial charge in [0.15, 0.2) is 5.75 Å². The lowest BCUT2D eigenvalue weighted by Gasteiger charge is -2.38. The highest BCUT2D eigenvalue weighted by molar-refractivity contribution is 5.75. The molecule has 6 atom stereocenters. The van der Waals surface area contributed by atoms with E-state index >= 15 is 0 Å². The van der Waals surface area contributed by atoms with Gasteiger partial charge in [0, 0.05) is 6.07 Å². The molecular weight excluding hydrogens is 466 g/mol. The summed E-state index contributed by atoms with van der Waals surface area (Å²) in [4.78, 5) is 34.3. The lowest BCUT2D eigenvalue weighted by Crippen LogP contribution is -2.59. The van der Waals surface area contributed by atoms with Crippen LogP contribution in [0.15, 0.2) is 18.2 Å². The molecule has 12 heteroatoms. The summed E-state index contributed by atoms with van der Waals surface area (Å²) in [5.41, 5.74) is -1.22. The van der Waals surface area contributed by atoms with Gasteiger partial charge in [0.25, 0.3) is 6.47 Å². The van der Waals surface area contributed by atoms with Gasteiger partial charge in [0.1, 0.15) is 24.4 Å². The second-order valence-corrected chi connectivity index (χ2v) is 10.6. The van der Waals surface area contributed by atoms with Crippen molar-refractivity contribution in [3.05, 3.63) is 33.9 Å². The monoisotopic (exact) mass is 499 g/mol. The molecule has 1 aliphatic heterocycles. The number of nitro groups is 1. The van der Waals surface area contributed by atoms with Crippen LogP contribution in [0.4, 0.5) is 5.69 Å². The minimum atomic E-state index is -1.81. The summed E-state index contributed by atoms with van der Waals surface area (Å²) < 4.78 is 20.8. The Bertz CT molecular complexity index is 921. The SMILES string of the molecule is CC(C)(C)CC(OC(=O)C(C)(C)C)c1ccc(OC2OC(OC=O)C(O)C(O)C2O)c([N+](=O)[O-])c1. The number of nitrogens with zero attached hydrogens (tertiary/aromatic N) is 1. The Labute approximate surface area is 202 Å². The number of carbonyl (C=O) groups excluding carboxylic acids is 2. The van der Waals surface area contributed by atoms with Crippen molar-refractivity contribution in [3.8, 4) is 5.75 Å². The molecule has 1 heterocycles. The number of carbonyl (C=O) groups is 2. The van der Waals surface area contributed by atoms with Gasteiger partial charge >= 0.3 is 11.7 Å². The van der Waals surface area contributed by atoms with Crippen molar-refractivity contribution in [2.75, 3.05) is 0 Å². The van der Waals surface area contributed by atoms with Gasteiger partial charge in [-0.15, -0.1) is 0 Å². The van der Waals surface area contributed by atoms with Gasteiger partial charge in [-0.1, -0.05) is 26.8 Å². The first-order valence-corrected chi connectivity index (χ1v) is 11.0. The Kier molecular flexibility index (Phi) is 8.82. The lowest BCUT2D eigenvalue weighted by molar-refractivity contribution is -0.387. The third-order valence-electron chi connectivity index (χ3n) is 5.17. The third kappa shape index (κ3) is 7.34. The first-order valence-electron chi connectivity index (χ1n) is 11.0. The second-order valence-electron chi connectivity index (χ2n) is 10.6. The first kappa shape index (κ1) is 28.4. The van der Waals surface area contributed by atoms with E-state index in [1.807, 2.05) is 20.8 Å². The summed E-state index contributed by atoms with van der Waals surface area (Å²) in [5.74, 6) is -0.796. The number of nitro benzene ring substituents is 1. The summed E-state index contributed by atoms with van der Waals surface area (Å²) in [5, 5.41) is 41.9. The van der Waals surface area contributed by atoms with Crippen molar-refractivity contribution in [1.29, 1.82) is 0 Å². The molecule has 1 saturated heterocycles. The van der Waals surface area contributed by atoms with Crippen LogP contribution in [-0.2, 0) is 23.8 Å². The predicted octanol–water partition coefficient (Wildman–Crippen LogP) is 1.98. The molecule has 12 nitrogen and oxygen atoms in total. The molecule has 0 saturated carbocycles. The molecule has 0 aliphatic carbocycles. The molecule has 3 N–H and O–H groups in total. The number of ether oxygens (including phenoxy) is 4. The molecule has 1 aromatic rings. The topological polar surface area (TPSA) is 175 Å².